The van der Waals surface area contributed by atoms with Crippen molar-refractivity contribution in [3.05, 3.63) is 70.9 Å². The fourth-order valence-corrected chi connectivity index (χ4v) is 2.98. The van der Waals surface area contributed by atoms with E-state index in [1.54, 1.807) is 18.3 Å². The van der Waals surface area contributed by atoms with Gasteiger partial charge in [-0.3, -0.25) is 4.98 Å². The second-order valence-electron chi connectivity index (χ2n) is 5.79. The van der Waals surface area contributed by atoms with Crippen molar-refractivity contribution in [3.8, 4) is 5.75 Å². The Morgan fingerprint density at radius 3 is 2.67 bits per heavy atom. The normalized spacial score (nSPS) is 13.8. The maximum Gasteiger partial charge on any atom is 0.146 e. The van der Waals surface area contributed by atoms with Crippen molar-refractivity contribution < 1.29 is 10.2 Å². The third-order valence-electron chi connectivity index (χ3n) is 4.12. The average molecular weight is 343 g/mol. The monoisotopic (exact) mass is 342 g/mol. The first-order chi connectivity index (χ1) is 11.6. The van der Waals surface area contributed by atoms with Crippen molar-refractivity contribution >= 4 is 22.5 Å². The van der Waals surface area contributed by atoms with Crippen molar-refractivity contribution in [1.29, 1.82) is 0 Å². The minimum Gasteiger partial charge on any atom is -0.505 e. The molecule has 5 heteroatoms. The first kappa shape index (κ1) is 16.7. The predicted octanol–water partition coefficient (Wildman–Crippen LogP) is 3.81. The molecule has 2 unspecified atom stereocenters. The molecule has 0 aliphatic heterocycles. The van der Waals surface area contributed by atoms with Crippen LogP contribution in [0.2, 0.25) is 5.02 Å². The van der Waals surface area contributed by atoms with E-state index in [1.807, 2.05) is 43.3 Å². The highest BCUT2D eigenvalue weighted by Crippen LogP contribution is 2.33. The van der Waals surface area contributed by atoms with Crippen LogP contribution in [0.1, 0.15) is 24.2 Å². The molecule has 3 rings (SSSR count). The van der Waals surface area contributed by atoms with Crippen molar-refractivity contribution in [2.24, 2.45) is 0 Å². The number of nitrogens with zero attached hydrogens (tertiary/aromatic N) is 1. The number of halogens is 1. The van der Waals surface area contributed by atoms with Crippen LogP contribution >= 0.6 is 11.6 Å². The Morgan fingerprint density at radius 2 is 1.92 bits per heavy atom. The number of hydrogen-bond donors (Lipinski definition) is 3. The molecule has 0 amide bonds. The van der Waals surface area contributed by atoms with E-state index in [0.29, 0.717) is 22.6 Å². The number of phenolic OH excluding ortho intramolecular Hbond substituents is 1. The van der Waals surface area contributed by atoms with Crippen LogP contribution in [0.5, 0.6) is 5.75 Å². The number of fused-ring (bicyclic) bond motifs is 1. The van der Waals surface area contributed by atoms with Crippen LogP contribution in [-0.4, -0.2) is 21.2 Å². The first-order valence-electron chi connectivity index (χ1n) is 7.79. The van der Waals surface area contributed by atoms with Crippen LogP contribution in [0.25, 0.3) is 10.9 Å². The molecular weight excluding hydrogens is 324 g/mol. The highest BCUT2D eigenvalue weighted by Gasteiger charge is 2.17. The molecule has 2 atom stereocenters. The minimum atomic E-state index is -0.637. The van der Waals surface area contributed by atoms with Gasteiger partial charge in [0.15, 0.2) is 0 Å². The summed E-state index contributed by atoms with van der Waals surface area (Å²) in [5, 5.41) is 25.3. The van der Waals surface area contributed by atoms with Gasteiger partial charge in [-0.05, 0) is 30.7 Å². The summed E-state index contributed by atoms with van der Waals surface area (Å²) in [6.07, 6.45) is 0.986. The quantitative estimate of drug-likeness (QED) is 0.659. The van der Waals surface area contributed by atoms with E-state index < -0.39 is 6.10 Å². The van der Waals surface area contributed by atoms with Crippen LogP contribution in [0.15, 0.2) is 54.7 Å². The number of rotatable bonds is 5. The van der Waals surface area contributed by atoms with Gasteiger partial charge in [-0.15, -0.1) is 0 Å². The molecule has 3 aromatic rings. The number of benzene rings is 2. The van der Waals surface area contributed by atoms with Gasteiger partial charge in [0.05, 0.1) is 11.1 Å². The third kappa shape index (κ3) is 3.36. The number of pyridine rings is 1. The summed E-state index contributed by atoms with van der Waals surface area (Å²) >= 11 is 6.28. The fraction of sp³-hybridized carbons (Fsp3) is 0.211. The van der Waals surface area contributed by atoms with Crippen LogP contribution in [0.3, 0.4) is 0 Å². The summed E-state index contributed by atoms with van der Waals surface area (Å²) in [7, 11) is 0. The van der Waals surface area contributed by atoms with E-state index in [9.17, 15) is 10.2 Å². The highest BCUT2D eigenvalue weighted by molar-refractivity contribution is 6.35. The van der Waals surface area contributed by atoms with Gasteiger partial charge in [0.1, 0.15) is 11.3 Å². The van der Waals surface area contributed by atoms with Gasteiger partial charge in [0.2, 0.25) is 0 Å². The lowest BCUT2D eigenvalue weighted by Gasteiger charge is -2.21. The molecule has 4 nitrogen and oxygen atoms in total. The van der Waals surface area contributed by atoms with Crippen molar-refractivity contribution in [1.82, 2.24) is 10.3 Å². The van der Waals surface area contributed by atoms with E-state index in [-0.39, 0.29) is 11.8 Å². The van der Waals surface area contributed by atoms with Gasteiger partial charge in [0, 0.05) is 29.7 Å². The largest absolute Gasteiger partial charge is 0.505 e. The Kier molecular flexibility index (Phi) is 5.00. The van der Waals surface area contributed by atoms with E-state index >= 15 is 0 Å². The molecule has 0 saturated carbocycles. The molecule has 24 heavy (non-hydrogen) atoms. The lowest BCUT2D eigenvalue weighted by molar-refractivity contribution is 0.135. The Morgan fingerprint density at radius 1 is 1.17 bits per heavy atom. The third-order valence-corrected chi connectivity index (χ3v) is 4.44. The second-order valence-corrected chi connectivity index (χ2v) is 6.20. The lowest BCUT2D eigenvalue weighted by Crippen LogP contribution is -2.31. The zero-order chi connectivity index (χ0) is 17.1. The molecule has 1 aromatic heterocycles. The summed E-state index contributed by atoms with van der Waals surface area (Å²) in [4.78, 5) is 4.20. The van der Waals surface area contributed by atoms with Crippen molar-refractivity contribution in [2.45, 2.75) is 25.6 Å². The van der Waals surface area contributed by atoms with Gasteiger partial charge >= 0.3 is 0 Å². The molecule has 0 saturated heterocycles. The molecule has 1 heterocycles. The number of aromatic nitrogens is 1. The number of aliphatic hydroxyl groups excluding tert-OH is 1. The molecule has 0 fully saturated rings. The van der Waals surface area contributed by atoms with Crippen molar-refractivity contribution in [2.75, 3.05) is 0 Å². The minimum absolute atomic E-state index is 0.115. The molecular formula is C19H19ClN2O2. The maximum absolute atomic E-state index is 10.4. The number of aliphatic hydroxyl groups is 1. The lowest BCUT2D eigenvalue weighted by atomic mass is 10.0. The zero-order valence-corrected chi connectivity index (χ0v) is 14.0. The zero-order valence-electron chi connectivity index (χ0n) is 13.3. The van der Waals surface area contributed by atoms with E-state index in [2.05, 4.69) is 10.3 Å². The molecule has 124 valence electrons. The predicted molar refractivity (Wildman–Crippen MR) is 96.1 cm³/mol. The van der Waals surface area contributed by atoms with E-state index in [4.69, 9.17) is 11.6 Å². The number of aromatic hydroxyl groups is 1. The molecule has 2 aromatic carbocycles. The molecule has 0 bridgehead atoms. The topological polar surface area (TPSA) is 65.4 Å². The Balaban J connectivity index is 1.77. The van der Waals surface area contributed by atoms with E-state index in [1.165, 1.54) is 0 Å². The Bertz CT molecular complexity index is 839. The van der Waals surface area contributed by atoms with Crippen molar-refractivity contribution in [3.63, 3.8) is 0 Å². The molecule has 0 aliphatic carbocycles. The Labute approximate surface area is 145 Å². The summed E-state index contributed by atoms with van der Waals surface area (Å²) < 4.78 is 0. The van der Waals surface area contributed by atoms with Gasteiger partial charge in [-0.25, -0.2) is 0 Å². The van der Waals surface area contributed by atoms with Gasteiger partial charge in [-0.2, -0.15) is 0 Å². The number of nitrogens with one attached hydrogen (secondary N) is 1. The summed E-state index contributed by atoms with van der Waals surface area (Å²) in [6.45, 7) is 2.28. The first-order valence-corrected chi connectivity index (χ1v) is 8.17. The average Bonchev–Trinajstić information content (AvgIpc) is 2.63. The van der Waals surface area contributed by atoms with Gasteiger partial charge in [0.25, 0.3) is 0 Å². The SMILES string of the molecule is CC(NCc1cc(Cl)c2cccnc2c1O)C(O)c1ccccc1. The molecule has 0 aliphatic rings. The van der Waals surface area contributed by atoms with Crippen LogP contribution in [-0.2, 0) is 6.54 Å². The summed E-state index contributed by atoms with van der Waals surface area (Å²) in [5.41, 5.74) is 1.98. The highest BCUT2D eigenvalue weighted by atomic mass is 35.5. The molecule has 3 N–H and O–H groups in total. The van der Waals surface area contributed by atoms with E-state index in [0.717, 1.165) is 10.9 Å². The molecule has 0 radical (unpaired) electrons. The second kappa shape index (κ2) is 7.18. The fourth-order valence-electron chi connectivity index (χ4n) is 2.69. The van der Waals surface area contributed by atoms with Crippen LogP contribution in [0, 0.1) is 0 Å². The maximum atomic E-state index is 10.4. The standard InChI is InChI=1S/C19H19ClN2O2/c1-12(18(23)13-6-3-2-4-7-13)22-11-14-10-16(20)15-8-5-9-21-17(15)19(14)24/h2-10,12,18,22-24H,11H2,1H3. The summed E-state index contributed by atoms with van der Waals surface area (Å²) in [5.74, 6) is 0.115. The number of phenols is 1. The van der Waals surface area contributed by atoms with Gasteiger partial charge in [-0.1, -0.05) is 41.9 Å². The Hall–Kier alpha value is -2.14. The smallest absolute Gasteiger partial charge is 0.146 e. The van der Waals surface area contributed by atoms with Gasteiger partial charge < -0.3 is 15.5 Å². The van der Waals surface area contributed by atoms with Crippen LogP contribution < -0.4 is 5.32 Å². The summed E-state index contributed by atoms with van der Waals surface area (Å²) in [6, 6.07) is 14.6. The molecule has 0 spiro atoms. The van der Waals surface area contributed by atoms with Crippen LogP contribution in [0.4, 0.5) is 0 Å². The number of hydrogen-bond acceptors (Lipinski definition) is 4.